The molecule has 0 radical (unpaired) electrons. The lowest BCUT2D eigenvalue weighted by Gasteiger charge is -2.30. The van der Waals surface area contributed by atoms with Gasteiger partial charge in [0, 0.05) is 36.2 Å². The Bertz CT molecular complexity index is 1150. The molecule has 1 aliphatic rings. The van der Waals surface area contributed by atoms with Crippen LogP contribution in [0, 0.1) is 5.92 Å². The third-order valence-corrected chi connectivity index (χ3v) is 6.05. The summed E-state index contributed by atoms with van der Waals surface area (Å²) in [7, 11) is 0. The van der Waals surface area contributed by atoms with Crippen LogP contribution in [-0.4, -0.2) is 45.7 Å². The largest absolute Gasteiger partial charge is 0.380 e. The average Bonchev–Trinajstić information content (AvgIpc) is 3.18. The average molecular weight is 451 g/mol. The van der Waals surface area contributed by atoms with E-state index in [0.717, 1.165) is 22.6 Å². The molecule has 0 spiro atoms. The monoisotopic (exact) mass is 450 g/mol. The summed E-state index contributed by atoms with van der Waals surface area (Å²) in [5.74, 6) is -1.44. The topological polar surface area (TPSA) is 105 Å². The normalized spacial score (nSPS) is 18.8. The number of hydrogen-bond acceptors (Lipinski definition) is 5. The minimum Gasteiger partial charge on any atom is -0.380 e. The van der Waals surface area contributed by atoms with E-state index in [2.05, 4.69) is 30.5 Å². The first-order valence-corrected chi connectivity index (χ1v) is 11.2. The van der Waals surface area contributed by atoms with Crippen molar-refractivity contribution in [3.63, 3.8) is 0 Å². The molecule has 2 atom stereocenters. The van der Waals surface area contributed by atoms with Gasteiger partial charge in [-0.3, -0.25) is 14.8 Å². The highest BCUT2D eigenvalue weighted by atomic mass is 16.5. The minimum atomic E-state index is -0.627. The number of carbonyl (C=O) groups excluding carboxylic acids is 2. The maximum absolute atomic E-state index is 12.8. The van der Waals surface area contributed by atoms with Crippen molar-refractivity contribution in [3.8, 4) is 0 Å². The molecule has 0 bridgehead atoms. The predicted molar refractivity (Wildman–Crippen MR) is 123 cm³/mol. The molecule has 0 unspecified atom stereocenters. The van der Waals surface area contributed by atoms with Crippen molar-refractivity contribution in [2.24, 2.45) is 5.92 Å². The zero-order valence-electron chi connectivity index (χ0n) is 19.2. The summed E-state index contributed by atoms with van der Waals surface area (Å²) in [6.07, 6.45) is 3.23. The summed E-state index contributed by atoms with van der Waals surface area (Å²) >= 11 is 0. The fourth-order valence-corrected chi connectivity index (χ4v) is 4.29. The summed E-state index contributed by atoms with van der Waals surface area (Å²) in [6.45, 7) is 7.09. The van der Waals surface area contributed by atoms with Crippen molar-refractivity contribution in [2.75, 3.05) is 13.2 Å². The Balaban J connectivity index is 1.51. The number of hydroxylamine groups is 1. The number of nitrogens with one attached hydrogen (secondary N) is 2. The van der Waals surface area contributed by atoms with Gasteiger partial charge in [-0.1, -0.05) is 39.0 Å². The predicted octanol–water partition coefficient (Wildman–Crippen LogP) is 2.86. The number of amides is 2. The summed E-state index contributed by atoms with van der Waals surface area (Å²) in [5.41, 5.74) is 6.27. The second-order valence-corrected chi connectivity index (χ2v) is 9.49. The molecule has 174 valence electrons. The van der Waals surface area contributed by atoms with E-state index in [0.29, 0.717) is 25.0 Å². The van der Waals surface area contributed by atoms with Crippen LogP contribution in [-0.2, 0) is 21.4 Å². The molecule has 1 fully saturated rings. The van der Waals surface area contributed by atoms with Gasteiger partial charge in [-0.15, -0.1) is 0 Å². The molecule has 8 nitrogen and oxygen atoms in total. The lowest BCUT2D eigenvalue weighted by atomic mass is 9.89. The highest BCUT2D eigenvalue weighted by Gasteiger charge is 2.33. The van der Waals surface area contributed by atoms with Crippen LogP contribution in [0.5, 0.6) is 0 Å². The van der Waals surface area contributed by atoms with Crippen molar-refractivity contribution in [3.05, 3.63) is 71.2 Å². The van der Waals surface area contributed by atoms with Crippen LogP contribution in [0.25, 0.3) is 5.65 Å². The number of aromatic nitrogens is 2. The number of nitrogens with zero attached hydrogens (tertiary/aromatic N) is 2. The van der Waals surface area contributed by atoms with Gasteiger partial charge < -0.3 is 14.5 Å². The van der Waals surface area contributed by atoms with Crippen molar-refractivity contribution in [1.29, 1.82) is 0 Å². The Morgan fingerprint density at radius 2 is 1.94 bits per heavy atom. The molecule has 2 aromatic heterocycles. The van der Waals surface area contributed by atoms with Crippen LogP contribution in [0.1, 0.15) is 54.5 Å². The molecule has 0 aliphatic carbocycles. The maximum Gasteiger partial charge on any atom is 0.251 e. The maximum atomic E-state index is 12.8. The second-order valence-electron chi connectivity index (χ2n) is 9.49. The Morgan fingerprint density at radius 3 is 2.64 bits per heavy atom. The van der Waals surface area contributed by atoms with E-state index in [1.54, 1.807) is 17.6 Å². The van der Waals surface area contributed by atoms with Gasteiger partial charge in [0.2, 0.25) is 0 Å². The number of pyridine rings is 1. The second kappa shape index (κ2) is 9.33. The minimum absolute atomic E-state index is 0.0949. The molecule has 1 aromatic carbocycles. The van der Waals surface area contributed by atoms with Gasteiger partial charge >= 0.3 is 0 Å². The van der Waals surface area contributed by atoms with Crippen LogP contribution < -0.4 is 10.8 Å². The Morgan fingerprint density at radius 1 is 1.18 bits per heavy atom. The molecule has 33 heavy (non-hydrogen) atoms. The lowest BCUT2D eigenvalue weighted by Crippen LogP contribution is -2.51. The van der Waals surface area contributed by atoms with Gasteiger partial charge in [0.1, 0.15) is 5.65 Å². The van der Waals surface area contributed by atoms with Crippen LogP contribution in [0.4, 0.5) is 0 Å². The smallest absolute Gasteiger partial charge is 0.251 e. The third kappa shape index (κ3) is 4.91. The first-order valence-electron chi connectivity index (χ1n) is 11.2. The van der Waals surface area contributed by atoms with E-state index in [9.17, 15) is 9.59 Å². The summed E-state index contributed by atoms with van der Waals surface area (Å²) < 4.78 is 7.45. The first-order chi connectivity index (χ1) is 15.8. The molecule has 1 saturated heterocycles. The Kier molecular flexibility index (Phi) is 6.49. The van der Waals surface area contributed by atoms with Gasteiger partial charge in [-0.25, -0.2) is 10.5 Å². The molecule has 3 N–H and O–H groups in total. The van der Waals surface area contributed by atoms with Gasteiger partial charge in [0.25, 0.3) is 11.8 Å². The van der Waals surface area contributed by atoms with Gasteiger partial charge in [0.15, 0.2) is 0 Å². The lowest BCUT2D eigenvalue weighted by molar-refractivity contribution is -0.138. The number of hydrogen-bond donors (Lipinski definition) is 3. The number of rotatable bonds is 5. The Hall–Kier alpha value is -3.23. The SMILES string of the molecule is CC(C)(C)c1nc2ccccn2c1Cc1ccc(C(=O)N[C@@H]2CCOC[C@@H]2C(=O)NO)cc1. The molecular weight excluding hydrogens is 420 g/mol. The van der Waals surface area contributed by atoms with Gasteiger partial charge in [-0.2, -0.15) is 0 Å². The standard InChI is InChI=1S/C25H30N4O4/c1-25(2,3)22-20(29-12-5-4-6-21(29)27-22)14-16-7-9-17(10-8-16)23(30)26-19-11-13-33-15-18(19)24(31)28-32/h4-10,12,18-19,32H,11,13-15H2,1-3H3,(H,26,30)(H,28,31)/t18-,19+/m0/s1. The number of imidazole rings is 1. The fraction of sp³-hybridized carbons (Fsp3) is 0.400. The van der Waals surface area contributed by atoms with Crippen molar-refractivity contribution in [1.82, 2.24) is 20.2 Å². The molecule has 4 rings (SSSR count). The number of fused-ring (bicyclic) bond motifs is 1. The van der Waals surface area contributed by atoms with Crippen LogP contribution in [0.3, 0.4) is 0 Å². The molecule has 3 heterocycles. The molecule has 3 aromatic rings. The number of carbonyl (C=O) groups is 2. The van der Waals surface area contributed by atoms with E-state index in [-0.39, 0.29) is 17.9 Å². The highest BCUT2D eigenvalue weighted by Crippen LogP contribution is 2.28. The number of ether oxygens (including phenoxy) is 1. The molecule has 8 heteroatoms. The van der Waals surface area contributed by atoms with E-state index in [1.165, 1.54) is 0 Å². The van der Waals surface area contributed by atoms with E-state index < -0.39 is 17.9 Å². The van der Waals surface area contributed by atoms with E-state index >= 15 is 0 Å². The summed E-state index contributed by atoms with van der Waals surface area (Å²) in [5, 5.41) is 11.9. The van der Waals surface area contributed by atoms with E-state index in [1.807, 2.05) is 36.5 Å². The first kappa shape index (κ1) is 22.9. The molecule has 2 amide bonds. The van der Waals surface area contributed by atoms with Crippen LogP contribution >= 0.6 is 0 Å². The quantitative estimate of drug-likeness (QED) is 0.410. The Labute approximate surface area is 192 Å². The summed E-state index contributed by atoms with van der Waals surface area (Å²) in [4.78, 5) is 29.5. The van der Waals surface area contributed by atoms with Crippen LogP contribution in [0.15, 0.2) is 48.7 Å². The van der Waals surface area contributed by atoms with Crippen molar-refractivity contribution in [2.45, 2.75) is 45.1 Å². The zero-order chi connectivity index (χ0) is 23.6. The zero-order valence-corrected chi connectivity index (χ0v) is 19.2. The van der Waals surface area contributed by atoms with Gasteiger partial charge in [0.05, 0.1) is 23.9 Å². The van der Waals surface area contributed by atoms with Crippen LogP contribution in [0.2, 0.25) is 0 Å². The molecule has 0 saturated carbocycles. The molecular formula is C25H30N4O4. The van der Waals surface area contributed by atoms with Crippen molar-refractivity contribution < 1.29 is 19.5 Å². The van der Waals surface area contributed by atoms with Gasteiger partial charge in [-0.05, 0) is 36.2 Å². The molecule has 1 aliphatic heterocycles. The highest BCUT2D eigenvalue weighted by molar-refractivity contribution is 5.95. The van der Waals surface area contributed by atoms with Crippen molar-refractivity contribution >= 4 is 17.5 Å². The fourth-order valence-electron chi connectivity index (χ4n) is 4.29. The third-order valence-electron chi connectivity index (χ3n) is 6.05. The van der Waals surface area contributed by atoms with E-state index in [4.69, 9.17) is 14.9 Å². The number of benzene rings is 1. The summed E-state index contributed by atoms with van der Waals surface area (Å²) in [6, 6.07) is 13.1.